The van der Waals surface area contributed by atoms with Crippen molar-refractivity contribution in [2.45, 2.75) is 18.9 Å². The zero-order chi connectivity index (χ0) is 14.7. The van der Waals surface area contributed by atoms with Gasteiger partial charge in [-0.1, -0.05) is 11.6 Å². The zero-order valence-electron chi connectivity index (χ0n) is 11.4. The van der Waals surface area contributed by atoms with Gasteiger partial charge in [-0.05, 0) is 18.9 Å². The van der Waals surface area contributed by atoms with Gasteiger partial charge >= 0.3 is 0 Å². The molecule has 1 fully saturated rings. The van der Waals surface area contributed by atoms with E-state index in [0.29, 0.717) is 10.8 Å². The molecule has 2 aromatic heterocycles. The van der Waals surface area contributed by atoms with Crippen LogP contribution in [-0.2, 0) is 0 Å². The van der Waals surface area contributed by atoms with Crippen LogP contribution in [0.15, 0.2) is 24.8 Å². The number of anilines is 3. The molecule has 0 bridgehead atoms. The van der Waals surface area contributed by atoms with Crippen molar-refractivity contribution in [2.24, 2.45) is 0 Å². The molecule has 0 aliphatic carbocycles. The highest BCUT2D eigenvalue weighted by Gasteiger charge is 2.22. The van der Waals surface area contributed by atoms with E-state index in [1.807, 2.05) is 6.07 Å². The lowest BCUT2D eigenvalue weighted by Gasteiger charge is -2.33. The van der Waals surface area contributed by atoms with Crippen LogP contribution in [0.2, 0.25) is 5.02 Å². The van der Waals surface area contributed by atoms with Crippen LogP contribution in [0.3, 0.4) is 0 Å². The van der Waals surface area contributed by atoms with Crippen LogP contribution in [0, 0.1) is 0 Å². The largest absolute Gasteiger partial charge is 0.382 e. The Balaban J connectivity index is 1.70. The third-order valence-electron chi connectivity index (χ3n) is 3.41. The molecule has 0 saturated carbocycles. The maximum absolute atomic E-state index is 6.12. The second-order valence-electron chi connectivity index (χ2n) is 4.90. The average Bonchev–Trinajstić information content (AvgIpc) is 2.53. The summed E-state index contributed by atoms with van der Waals surface area (Å²) in [7, 11) is 0. The number of nitrogen functional groups attached to an aromatic ring is 1. The van der Waals surface area contributed by atoms with Crippen LogP contribution in [0.5, 0.6) is 0 Å². The maximum atomic E-state index is 6.12. The molecule has 8 heteroatoms. The number of nitrogens with two attached hydrogens (primary N) is 1. The second kappa shape index (κ2) is 6.09. The zero-order valence-corrected chi connectivity index (χ0v) is 12.2. The van der Waals surface area contributed by atoms with Gasteiger partial charge in [0.1, 0.15) is 17.2 Å². The Labute approximate surface area is 127 Å². The molecule has 7 nitrogen and oxygen atoms in total. The molecule has 21 heavy (non-hydrogen) atoms. The normalized spacial score (nSPS) is 18.5. The molecule has 0 spiro atoms. The summed E-state index contributed by atoms with van der Waals surface area (Å²) in [4.78, 5) is 18.7. The molecular weight excluding hydrogens is 290 g/mol. The summed E-state index contributed by atoms with van der Waals surface area (Å²) < 4.78 is 0. The van der Waals surface area contributed by atoms with E-state index in [2.05, 4.69) is 30.2 Å². The van der Waals surface area contributed by atoms with Crippen molar-refractivity contribution in [2.75, 3.05) is 29.0 Å². The smallest absolute Gasteiger partial charge is 0.225 e. The Morgan fingerprint density at radius 2 is 2.05 bits per heavy atom. The molecule has 110 valence electrons. The van der Waals surface area contributed by atoms with Crippen molar-refractivity contribution >= 4 is 29.2 Å². The molecule has 3 rings (SSSR count). The maximum Gasteiger partial charge on any atom is 0.225 e. The van der Waals surface area contributed by atoms with E-state index >= 15 is 0 Å². The third-order valence-corrected chi connectivity index (χ3v) is 3.79. The van der Waals surface area contributed by atoms with Crippen molar-refractivity contribution in [3.8, 4) is 0 Å². The number of nitrogens with zero attached hydrogens (tertiary/aromatic N) is 5. The molecule has 0 radical (unpaired) electrons. The fraction of sp³-hybridized carbons (Fsp3) is 0.385. The first-order valence-electron chi connectivity index (χ1n) is 6.78. The molecule has 0 unspecified atom stereocenters. The number of nitrogens with one attached hydrogen (secondary N) is 1. The highest BCUT2D eigenvalue weighted by atomic mass is 35.5. The molecular formula is C13H16ClN7. The van der Waals surface area contributed by atoms with Crippen molar-refractivity contribution in [1.82, 2.24) is 19.9 Å². The summed E-state index contributed by atoms with van der Waals surface area (Å²) in [6.07, 6.45) is 6.99. The Hall–Kier alpha value is -2.15. The number of halogens is 1. The van der Waals surface area contributed by atoms with E-state index in [0.717, 1.165) is 31.9 Å². The SMILES string of the molecule is Nc1ncnc(N[C@H]2CCCN(c3ncccn3)C2)c1Cl. The summed E-state index contributed by atoms with van der Waals surface area (Å²) in [5, 5.41) is 3.70. The number of aromatic nitrogens is 4. The molecule has 1 aliphatic rings. The minimum absolute atomic E-state index is 0.217. The van der Waals surface area contributed by atoms with Gasteiger partial charge in [0.2, 0.25) is 5.95 Å². The number of piperidine rings is 1. The van der Waals surface area contributed by atoms with Gasteiger partial charge in [-0.25, -0.2) is 19.9 Å². The highest BCUT2D eigenvalue weighted by molar-refractivity contribution is 6.35. The van der Waals surface area contributed by atoms with Gasteiger partial charge in [0.05, 0.1) is 0 Å². The third kappa shape index (κ3) is 3.13. The molecule has 3 N–H and O–H groups in total. The number of rotatable bonds is 3. The van der Waals surface area contributed by atoms with Crippen LogP contribution in [-0.4, -0.2) is 39.1 Å². The number of hydrogen-bond acceptors (Lipinski definition) is 7. The van der Waals surface area contributed by atoms with Crippen LogP contribution in [0.25, 0.3) is 0 Å². The first kappa shape index (κ1) is 13.8. The van der Waals surface area contributed by atoms with Crippen LogP contribution < -0.4 is 16.0 Å². The van der Waals surface area contributed by atoms with Crippen molar-refractivity contribution in [3.05, 3.63) is 29.8 Å². The van der Waals surface area contributed by atoms with E-state index in [4.69, 9.17) is 17.3 Å². The van der Waals surface area contributed by atoms with E-state index in [-0.39, 0.29) is 11.9 Å². The minimum atomic E-state index is 0.217. The number of hydrogen-bond donors (Lipinski definition) is 2. The van der Waals surface area contributed by atoms with Crippen molar-refractivity contribution < 1.29 is 0 Å². The lowest BCUT2D eigenvalue weighted by atomic mass is 10.1. The van der Waals surface area contributed by atoms with Gasteiger partial charge in [0, 0.05) is 31.5 Å². The standard InChI is InChI=1S/C13H16ClN7/c14-10-11(15)18-8-19-12(10)20-9-3-1-6-21(7-9)13-16-4-2-5-17-13/h2,4-5,8-9H,1,3,6-7H2,(H3,15,18,19,20)/t9-/m0/s1. The average molecular weight is 306 g/mol. The van der Waals surface area contributed by atoms with Gasteiger partial charge in [-0.3, -0.25) is 0 Å². The van der Waals surface area contributed by atoms with Crippen LogP contribution in [0.4, 0.5) is 17.6 Å². The van der Waals surface area contributed by atoms with Gasteiger partial charge < -0.3 is 16.0 Å². The monoisotopic (exact) mass is 305 g/mol. The Bertz CT molecular complexity index is 607. The predicted octanol–water partition coefficient (Wildman–Crippen LogP) is 1.58. The summed E-state index contributed by atoms with van der Waals surface area (Å²) >= 11 is 6.12. The minimum Gasteiger partial charge on any atom is -0.382 e. The van der Waals surface area contributed by atoms with E-state index in [1.54, 1.807) is 12.4 Å². The fourth-order valence-electron chi connectivity index (χ4n) is 2.41. The lowest BCUT2D eigenvalue weighted by Crippen LogP contribution is -2.43. The van der Waals surface area contributed by atoms with E-state index < -0.39 is 0 Å². The summed E-state index contributed by atoms with van der Waals surface area (Å²) in [6.45, 7) is 1.74. The molecule has 2 aromatic rings. The van der Waals surface area contributed by atoms with E-state index in [1.165, 1.54) is 6.33 Å². The Morgan fingerprint density at radius 3 is 2.86 bits per heavy atom. The van der Waals surface area contributed by atoms with Gasteiger partial charge in [0.25, 0.3) is 0 Å². The molecule has 3 heterocycles. The molecule has 0 amide bonds. The first-order chi connectivity index (χ1) is 10.2. The van der Waals surface area contributed by atoms with Crippen LogP contribution in [0.1, 0.15) is 12.8 Å². The van der Waals surface area contributed by atoms with Gasteiger partial charge in [0.15, 0.2) is 5.82 Å². The Kier molecular flexibility index (Phi) is 4.01. The second-order valence-corrected chi connectivity index (χ2v) is 5.28. The van der Waals surface area contributed by atoms with E-state index in [9.17, 15) is 0 Å². The quantitative estimate of drug-likeness (QED) is 0.889. The van der Waals surface area contributed by atoms with Crippen molar-refractivity contribution in [1.29, 1.82) is 0 Å². The van der Waals surface area contributed by atoms with Crippen molar-refractivity contribution in [3.63, 3.8) is 0 Å². The Morgan fingerprint density at radius 1 is 1.24 bits per heavy atom. The fourth-order valence-corrected chi connectivity index (χ4v) is 2.56. The summed E-state index contributed by atoms with van der Waals surface area (Å²) in [6, 6.07) is 2.03. The summed E-state index contributed by atoms with van der Waals surface area (Å²) in [5.41, 5.74) is 5.69. The van der Waals surface area contributed by atoms with Gasteiger partial charge in [-0.15, -0.1) is 0 Å². The molecule has 1 aliphatic heterocycles. The predicted molar refractivity (Wildman–Crippen MR) is 82.3 cm³/mol. The summed E-state index contributed by atoms with van der Waals surface area (Å²) in [5.74, 6) is 1.61. The topological polar surface area (TPSA) is 92.8 Å². The molecule has 1 atom stereocenters. The molecule has 1 saturated heterocycles. The van der Waals surface area contributed by atoms with Crippen LogP contribution >= 0.6 is 11.6 Å². The lowest BCUT2D eigenvalue weighted by molar-refractivity contribution is 0.521. The first-order valence-corrected chi connectivity index (χ1v) is 7.16. The highest BCUT2D eigenvalue weighted by Crippen LogP contribution is 2.25. The molecule has 0 aromatic carbocycles. The van der Waals surface area contributed by atoms with Gasteiger partial charge in [-0.2, -0.15) is 0 Å².